The summed E-state index contributed by atoms with van der Waals surface area (Å²) in [4.78, 5) is 12.3. The number of hydrogen-bond donors (Lipinski definition) is 1. The summed E-state index contributed by atoms with van der Waals surface area (Å²) in [6.07, 6.45) is 0. The summed E-state index contributed by atoms with van der Waals surface area (Å²) in [6, 6.07) is 7.85. The minimum absolute atomic E-state index is 0.0859. The van der Waals surface area contributed by atoms with Crippen molar-refractivity contribution in [3.8, 4) is 11.5 Å². The largest absolute Gasteiger partial charge is 0.496 e. The van der Waals surface area contributed by atoms with Crippen LogP contribution in [-0.2, 0) is 6.54 Å². The predicted molar refractivity (Wildman–Crippen MR) is 89.6 cm³/mol. The molecule has 0 saturated heterocycles. The Balaban J connectivity index is 2.19. The number of nitrogens with one attached hydrogen (secondary N) is 1. The first kappa shape index (κ1) is 17.3. The van der Waals surface area contributed by atoms with Gasteiger partial charge in [-0.3, -0.25) is 4.79 Å². The smallest absolute Gasteiger partial charge is 0.251 e. The number of methoxy groups -OCH3 is 2. The van der Waals surface area contributed by atoms with Gasteiger partial charge in [0.2, 0.25) is 0 Å². The zero-order chi connectivity index (χ0) is 17.0. The maximum absolute atomic E-state index is 13.7. The van der Waals surface area contributed by atoms with Gasteiger partial charge >= 0.3 is 0 Å². The van der Waals surface area contributed by atoms with Gasteiger partial charge in [0.25, 0.3) is 5.91 Å². The van der Waals surface area contributed by atoms with E-state index < -0.39 is 0 Å². The molecule has 0 aromatic heterocycles. The number of rotatable bonds is 5. The predicted octanol–water partition coefficient (Wildman–Crippen LogP) is 3.84. The lowest BCUT2D eigenvalue weighted by molar-refractivity contribution is 0.0950. The van der Waals surface area contributed by atoms with Crippen LogP contribution in [0.4, 0.5) is 4.39 Å². The molecule has 1 amide bonds. The number of halogens is 2. The van der Waals surface area contributed by atoms with Gasteiger partial charge in [-0.2, -0.15) is 0 Å². The Bertz CT molecular complexity index is 709. The van der Waals surface area contributed by atoms with Crippen LogP contribution in [0.1, 0.15) is 21.5 Å². The molecule has 122 valence electrons. The molecule has 0 saturated carbocycles. The highest BCUT2D eigenvalue weighted by atomic mass is 79.9. The molecule has 0 spiro atoms. The lowest BCUT2D eigenvalue weighted by atomic mass is 10.1. The number of amides is 1. The van der Waals surface area contributed by atoms with Gasteiger partial charge in [0, 0.05) is 27.7 Å². The zero-order valence-electron chi connectivity index (χ0n) is 13.1. The van der Waals surface area contributed by atoms with Crippen LogP contribution in [0, 0.1) is 12.7 Å². The molecule has 0 radical (unpaired) electrons. The molecule has 2 aromatic carbocycles. The molecular formula is C17H17BrFNO3. The maximum atomic E-state index is 13.7. The van der Waals surface area contributed by atoms with Crippen LogP contribution in [0.5, 0.6) is 11.5 Å². The SMILES string of the molecule is COc1cc(C(=O)NCc2cc(Br)ccc2F)cc(OC)c1C. The molecule has 0 fully saturated rings. The van der Waals surface area contributed by atoms with Crippen molar-refractivity contribution in [1.82, 2.24) is 5.32 Å². The zero-order valence-corrected chi connectivity index (χ0v) is 14.7. The fourth-order valence-electron chi connectivity index (χ4n) is 2.17. The Morgan fingerprint density at radius 2 is 1.78 bits per heavy atom. The highest BCUT2D eigenvalue weighted by molar-refractivity contribution is 9.10. The molecule has 0 aliphatic carbocycles. The quantitative estimate of drug-likeness (QED) is 0.855. The van der Waals surface area contributed by atoms with Crippen LogP contribution in [0.15, 0.2) is 34.8 Å². The monoisotopic (exact) mass is 381 g/mol. The van der Waals surface area contributed by atoms with Crippen molar-refractivity contribution in [3.05, 3.63) is 57.3 Å². The van der Waals surface area contributed by atoms with Crippen LogP contribution >= 0.6 is 15.9 Å². The van der Waals surface area contributed by atoms with E-state index in [9.17, 15) is 9.18 Å². The van der Waals surface area contributed by atoms with Gasteiger partial charge in [0.05, 0.1) is 14.2 Å². The van der Waals surface area contributed by atoms with Crippen LogP contribution in [0.2, 0.25) is 0 Å². The minimum Gasteiger partial charge on any atom is -0.496 e. The fraction of sp³-hybridized carbons (Fsp3) is 0.235. The molecule has 0 heterocycles. The van der Waals surface area contributed by atoms with Crippen molar-refractivity contribution in [3.63, 3.8) is 0 Å². The summed E-state index contributed by atoms with van der Waals surface area (Å²) >= 11 is 3.28. The van der Waals surface area contributed by atoms with Gasteiger partial charge in [-0.1, -0.05) is 15.9 Å². The molecule has 4 nitrogen and oxygen atoms in total. The third kappa shape index (κ3) is 4.01. The van der Waals surface area contributed by atoms with Crippen molar-refractivity contribution in [1.29, 1.82) is 0 Å². The summed E-state index contributed by atoms with van der Waals surface area (Å²) in [5, 5.41) is 2.69. The van der Waals surface area contributed by atoms with Gasteiger partial charge in [-0.15, -0.1) is 0 Å². The minimum atomic E-state index is -0.368. The van der Waals surface area contributed by atoms with Crippen LogP contribution in [-0.4, -0.2) is 20.1 Å². The Hall–Kier alpha value is -2.08. The Morgan fingerprint density at radius 3 is 2.35 bits per heavy atom. The average molecular weight is 382 g/mol. The molecule has 2 rings (SSSR count). The number of carbonyl (C=O) groups is 1. The van der Waals surface area contributed by atoms with Crippen molar-refractivity contribution in [2.24, 2.45) is 0 Å². The molecule has 6 heteroatoms. The van der Waals surface area contributed by atoms with Crippen molar-refractivity contribution < 1.29 is 18.7 Å². The van der Waals surface area contributed by atoms with Gasteiger partial charge in [0.1, 0.15) is 17.3 Å². The second-order valence-corrected chi connectivity index (χ2v) is 5.84. The van der Waals surface area contributed by atoms with E-state index >= 15 is 0 Å². The molecule has 0 aliphatic heterocycles. The van der Waals surface area contributed by atoms with E-state index in [1.165, 1.54) is 20.3 Å². The summed E-state index contributed by atoms with van der Waals surface area (Å²) < 4.78 is 25.0. The first-order valence-electron chi connectivity index (χ1n) is 6.91. The molecule has 1 N–H and O–H groups in total. The third-order valence-corrected chi connectivity index (χ3v) is 3.95. The molecule has 0 unspecified atom stereocenters. The maximum Gasteiger partial charge on any atom is 0.251 e. The third-order valence-electron chi connectivity index (χ3n) is 3.46. The number of benzene rings is 2. The summed E-state index contributed by atoms with van der Waals surface area (Å²) in [5.74, 6) is 0.416. The van der Waals surface area contributed by atoms with Gasteiger partial charge in [-0.05, 0) is 37.3 Å². The standard InChI is InChI=1S/C17H17BrFNO3/c1-10-15(22-2)7-11(8-16(10)23-3)17(21)20-9-12-6-13(18)4-5-14(12)19/h4-8H,9H2,1-3H3,(H,20,21). The van der Waals surface area contributed by atoms with E-state index in [1.54, 1.807) is 24.3 Å². The molecule has 0 bridgehead atoms. The number of ether oxygens (including phenoxy) is 2. The van der Waals surface area contributed by atoms with E-state index in [4.69, 9.17) is 9.47 Å². The van der Waals surface area contributed by atoms with E-state index in [-0.39, 0.29) is 18.3 Å². The van der Waals surface area contributed by atoms with Crippen LogP contribution < -0.4 is 14.8 Å². The van der Waals surface area contributed by atoms with Crippen LogP contribution in [0.25, 0.3) is 0 Å². The molecule has 0 aliphatic rings. The molecular weight excluding hydrogens is 365 g/mol. The van der Waals surface area contributed by atoms with E-state index in [0.29, 0.717) is 22.6 Å². The van der Waals surface area contributed by atoms with Crippen molar-refractivity contribution >= 4 is 21.8 Å². The fourth-order valence-corrected chi connectivity index (χ4v) is 2.58. The first-order chi connectivity index (χ1) is 11.0. The number of carbonyl (C=O) groups excluding carboxylic acids is 1. The Labute approximate surface area is 142 Å². The summed E-state index contributed by atoms with van der Waals surface area (Å²) in [7, 11) is 3.06. The summed E-state index contributed by atoms with van der Waals surface area (Å²) in [6.45, 7) is 1.93. The second-order valence-electron chi connectivity index (χ2n) is 4.92. The first-order valence-corrected chi connectivity index (χ1v) is 7.70. The van der Waals surface area contributed by atoms with Gasteiger partial charge in [0.15, 0.2) is 0 Å². The second kappa shape index (κ2) is 7.46. The van der Waals surface area contributed by atoms with Gasteiger partial charge in [-0.25, -0.2) is 4.39 Å². The van der Waals surface area contributed by atoms with Crippen LogP contribution in [0.3, 0.4) is 0 Å². The topological polar surface area (TPSA) is 47.6 Å². The number of hydrogen-bond acceptors (Lipinski definition) is 3. The lowest BCUT2D eigenvalue weighted by Gasteiger charge is -2.13. The average Bonchev–Trinajstić information content (AvgIpc) is 2.55. The van der Waals surface area contributed by atoms with Crippen molar-refractivity contribution in [2.45, 2.75) is 13.5 Å². The normalized spacial score (nSPS) is 10.3. The van der Waals surface area contributed by atoms with Gasteiger partial charge < -0.3 is 14.8 Å². The highest BCUT2D eigenvalue weighted by Gasteiger charge is 2.14. The van der Waals surface area contributed by atoms with E-state index in [0.717, 1.165) is 10.0 Å². The Kier molecular flexibility index (Phi) is 5.60. The summed E-state index contributed by atoms with van der Waals surface area (Å²) in [5.41, 5.74) is 1.60. The molecule has 0 atom stereocenters. The van der Waals surface area contributed by atoms with E-state index in [2.05, 4.69) is 21.2 Å². The highest BCUT2D eigenvalue weighted by Crippen LogP contribution is 2.29. The Morgan fingerprint density at radius 1 is 1.17 bits per heavy atom. The lowest BCUT2D eigenvalue weighted by Crippen LogP contribution is -2.23. The molecule has 23 heavy (non-hydrogen) atoms. The van der Waals surface area contributed by atoms with Crippen molar-refractivity contribution in [2.75, 3.05) is 14.2 Å². The van der Waals surface area contributed by atoms with E-state index in [1.807, 2.05) is 6.92 Å². The molecule has 2 aromatic rings.